The number of esters is 1. The Morgan fingerprint density at radius 2 is 1.83 bits per heavy atom. The van der Waals surface area contributed by atoms with Crippen molar-refractivity contribution in [2.24, 2.45) is 41.4 Å². The van der Waals surface area contributed by atoms with Crippen LogP contribution in [0.15, 0.2) is 12.7 Å². The third kappa shape index (κ3) is 1.22. The summed E-state index contributed by atoms with van der Waals surface area (Å²) in [5.41, 5.74) is 0. The van der Waals surface area contributed by atoms with Crippen LogP contribution in [0.1, 0.15) is 32.6 Å². The molecule has 0 N–H and O–H groups in total. The lowest BCUT2D eigenvalue weighted by Gasteiger charge is -2.41. The van der Waals surface area contributed by atoms with Crippen LogP contribution in [0.5, 0.6) is 0 Å². The summed E-state index contributed by atoms with van der Waals surface area (Å²) in [5.74, 6) is 5.65. The van der Waals surface area contributed by atoms with E-state index in [1.807, 2.05) is 0 Å². The first-order valence-corrected chi connectivity index (χ1v) is 7.53. The molecule has 4 aliphatic rings. The molecule has 2 nitrogen and oxygen atoms in total. The summed E-state index contributed by atoms with van der Waals surface area (Å²) in [4.78, 5) is 11.5. The van der Waals surface area contributed by atoms with Crippen LogP contribution in [0, 0.1) is 41.4 Å². The summed E-state index contributed by atoms with van der Waals surface area (Å²) >= 11 is 0. The van der Waals surface area contributed by atoms with Gasteiger partial charge in [0.05, 0.1) is 0 Å². The van der Waals surface area contributed by atoms with Crippen LogP contribution < -0.4 is 0 Å². The van der Waals surface area contributed by atoms with Crippen molar-refractivity contribution in [2.75, 3.05) is 0 Å². The third-order valence-corrected chi connectivity index (χ3v) is 6.61. The van der Waals surface area contributed by atoms with Gasteiger partial charge in [-0.3, -0.25) is 0 Å². The van der Waals surface area contributed by atoms with Gasteiger partial charge in [0, 0.05) is 6.08 Å². The van der Waals surface area contributed by atoms with E-state index < -0.39 is 0 Å². The molecule has 18 heavy (non-hydrogen) atoms. The van der Waals surface area contributed by atoms with Gasteiger partial charge in [-0.15, -0.1) is 0 Å². The highest BCUT2D eigenvalue weighted by Gasteiger charge is 2.65. The topological polar surface area (TPSA) is 26.3 Å². The van der Waals surface area contributed by atoms with Crippen molar-refractivity contribution < 1.29 is 9.53 Å². The van der Waals surface area contributed by atoms with Crippen LogP contribution in [0.4, 0.5) is 0 Å². The fourth-order valence-electron chi connectivity index (χ4n) is 6.21. The number of hydrogen-bond acceptors (Lipinski definition) is 2. The second-order valence-electron chi connectivity index (χ2n) is 7.02. The number of carbonyl (C=O) groups excluding carboxylic acids is 1. The first kappa shape index (κ1) is 11.1. The van der Waals surface area contributed by atoms with E-state index in [-0.39, 0.29) is 12.1 Å². The van der Waals surface area contributed by atoms with E-state index in [0.717, 1.165) is 29.6 Å². The molecule has 0 amide bonds. The highest BCUT2D eigenvalue weighted by molar-refractivity contribution is 5.81. The van der Waals surface area contributed by atoms with Gasteiger partial charge in [-0.05, 0) is 67.1 Å². The standard InChI is InChI=1S/C16H22O2/c1-3-13(17)18-16-8(2)11-7-12(16)15-10-5-4-9(6-10)14(11)15/h3,8-12,14-16H,1,4-7H2,2H3. The molecule has 4 rings (SSSR count). The molecule has 0 radical (unpaired) electrons. The molecule has 2 heteroatoms. The summed E-state index contributed by atoms with van der Waals surface area (Å²) in [6, 6.07) is 0. The van der Waals surface area contributed by atoms with E-state index in [1.165, 1.54) is 31.8 Å². The molecule has 4 aliphatic carbocycles. The average Bonchev–Trinajstić information content (AvgIpc) is 3.08. The maximum absolute atomic E-state index is 11.5. The lowest BCUT2D eigenvalue weighted by molar-refractivity contribution is -0.151. The monoisotopic (exact) mass is 246 g/mol. The molecule has 4 saturated carbocycles. The molecule has 8 unspecified atom stereocenters. The second-order valence-corrected chi connectivity index (χ2v) is 7.02. The Morgan fingerprint density at radius 3 is 2.50 bits per heavy atom. The Morgan fingerprint density at radius 1 is 1.17 bits per heavy atom. The molecule has 0 spiro atoms. The van der Waals surface area contributed by atoms with E-state index in [0.29, 0.717) is 11.8 Å². The van der Waals surface area contributed by atoms with Gasteiger partial charge in [-0.2, -0.15) is 0 Å². The second kappa shape index (κ2) is 3.61. The summed E-state index contributed by atoms with van der Waals surface area (Å²) in [6.07, 6.45) is 7.19. The van der Waals surface area contributed by atoms with Crippen LogP contribution in [-0.4, -0.2) is 12.1 Å². The summed E-state index contributed by atoms with van der Waals surface area (Å²) in [6.45, 7) is 5.82. The molecule has 98 valence electrons. The van der Waals surface area contributed by atoms with Crippen LogP contribution >= 0.6 is 0 Å². The van der Waals surface area contributed by atoms with Crippen molar-refractivity contribution >= 4 is 5.97 Å². The zero-order valence-corrected chi connectivity index (χ0v) is 11.0. The predicted molar refractivity (Wildman–Crippen MR) is 68.6 cm³/mol. The van der Waals surface area contributed by atoms with Gasteiger partial charge in [0.1, 0.15) is 6.10 Å². The van der Waals surface area contributed by atoms with E-state index in [2.05, 4.69) is 13.5 Å². The Balaban J connectivity index is 1.60. The number of carbonyl (C=O) groups is 1. The van der Waals surface area contributed by atoms with Crippen molar-refractivity contribution in [3.05, 3.63) is 12.7 Å². The molecule has 0 aromatic rings. The number of fused-ring (bicyclic) bond motifs is 9. The summed E-state index contributed by atoms with van der Waals surface area (Å²) in [7, 11) is 0. The van der Waals surface area contributed by atoms with Gasteiger partial charge in [-0.1, -0.05) is 13.5 Å². The van der Waals surface area contributed by atoms with Crippen molar-refractivity contribution in [3.63, 3.8) is 0 Å². The van der Waals surface area contributed by atoms with E-state index in [4.69, 9.17) is 4.74 Å². The van der Waals surface area contributed by atoms with Crippen LogP contribution in [-0.2, 0) is 9.53 Å². The van der Waals surface area contributed by atoms with Crippen LogP contribution in [0.2, 0.25) is 0 Å². The van der Waals surface area contributed by atoms with Gasteiger partial charge in [0.2, 0.25) is 0 Å². The number of rotatable bonds is 2. The molecule has 4 bridgehead atoms. The lowest BCUT2D eigenvalue weighted by Crippen LogP contribution is -2.42. The highest BCUT2D eigenvalue weighted by Crippen LogP contribution is 2.69. The molecule has 0 aliphatic heterocycles. The largest absolute Gasteiger partial charge is 0.459 e. The first-order chi connectivity index (χ1) is 8.70. The SMILES string of the molecule is C=CC(=O)OC1C(C)C2CC1C1C3CCC(C3)C21. The minimum absolute atomic E-state index is 0.182. The molecular formula is C16H22O2. The van der Waals surface area contributed by atoms with Gasteiger partial charge in [-0.25, -0.2) is 4.79 Å². The Bertz CT molecular complexity index is 402. The summed E-state index contributed by atoms with van der Waals surface area (Å²) in [5, 5.41) is 0. The van der Waals surface area contributed by atoms with Crippen molar-refractivity contribution in [1.82, 2.24) is 0 Å². The van der Waals surface area contributed by atoms with E-state index in [9.17, 15) is 4.79 Å². The molecule has 0 saturated heterocycles. The normalized spacial score (nSPS) is 55.6. The lowest BCUT2D eigenvalue weighted by atomic mass is 9.67. The van der Waals surface area contributed by atoms with Crippen molar-refractivity contribution in [1.29, 1.82) is 0 Å². The fraction of sp³-hybridized carbons (Fsp3) is 0.812. The molecular weight excluding hydrogens is 224 g/mol. The van der Waals surface area contributed by atoms with Gasteiger partial charge in [0.25, 0.3) is 0 Å². The van der Waals surface area contributed by atoms with E-state index in [1.54, 1.807) is 0 Å². The molecule has 8 atom stereocenters. The highest BCUT2D eigenvalue weighted by atomic mass is 16.5. The summed E-state index contributed by atoms with van der Waals surface area (Å²) < 4.78 is 5.67. The molecule has 0 aromatic heterocycles. The van der Waals surface area contributed by atoms with Gasteiger partial charge < -0.3 is 4.74 Å². The first-order valence-electron chi connectivity index (χ1n) is 7.53. The quantitative estimate of drug-likeness (QED) is 0.425. The number of ether oxygens (including phenoxy) is 1. The Hall–Kier alpha value is -0.790. The average molecular weight is 246 g/mol. The molecule has 0 heterocycles. The van der Waals surface area contributed by atoms with E-state index >= 15 is 0 Å². The fourth-order valence-corrected chi connectivity index (χ4v) is 6.21. The maximum atomic E-state index is 11.5. The van der Waals surface area contributed by atoms with Crippen molar-refractivity contribution in [3.8, 4) is 0 Å². The predicted octanol–water partition coefficient (Wildman–Crippen LogP) is 3.03. The Labute approximate surface area is 109 Å². The smallest absolute Gasteiger partial charge is 0.330 e. The Kier molecular flexibility index (Phi) is 2.22. The maximum Gasteiger partial charge on any atom is 0.330 e. The zero-order valence-electron chi connectivity index (χ0n) is 11.0. The van der Waals surface area contributed by atoms with Gasteiger partial charge in [0.15, 0.2) is 0 Å². The van der Waals surface area contributed by atoms with Crippen molar-refractivity contribution in [2.45, 2.75) is 38.7 Å². The minimum Gasteiger partial charge on any atom is -0.459 e. The van der Waals surface area contributed by atoms with Crippen LogP contribution in [0.3, 0.4) is 0 Å². The third-order valence-electron chi connectivity index (χ3n) is 6.61. The molecule has 0 aromatic carbocycles. The van der Waals surface area contributed by atoms with Gasteiger partial charge >= 0.3 is 5.97 Å². The minimum atomic E-state index is -0.223. The van der Waals surface area contributed by atoms with Crippen LogP contribution in [0.25, 0.3) is 0 Å². The zero-order chi connectivity index (χ0) is 12.4. The molecule has 4 fully saturated rings. The number of hydrogen-bond donors (Lipinski definition) is 0.